The largest absolute Gasteiger partial charge is 0.376 e. The zero-order chi connectivity index (χ0) is 12.8. The molecule has 1 aromatic rings. The lowest BCUT2D eigenvalue weighted by Gasteiger charge is -2.23. The number of hydrogen-bond acceptors (Lipinski definition) is 5. The summed E-state index contributed by atoms with van der Waals surface area (Å²) in [4.78, 5) is 7.94. The van der Waals surface area contributed by atoms with Crippen molar-refractivity contribution in [3.05, 3.63) is 12.0 Å². The van der Waals surface area contributed by atoms with E-state index in [1.807, 2.05) is 6.92 Å². The molecule has 0 saturated carbocycles. The minimum atomic E-state index is -0.438. The third-order valence-corrected chi connectivity index (χ3v) is 2.85. The summed E-state index contributed by atoms with van der Waals surface area (Å²) in [6.07, 6.45) is 4.62. The van der Waals surface area contributed by atoms with Crippen molar-refractivity contribution >= 4 is 11.8 Å². The van der Waals surface area contributed by atoms with Gasteiger partial charge in [-0.1, -0.05) is 0 Å². The number of nitrogens with one attached hydrogen (secondary N) is 2. The zero-order valence-electron chi connectivity index (χ0n) is 10.6. The molecule has 0 spiro atoms. The average molecular weight is 254 g/mol. The second-order valence-electron chi connectivity index (χ2n) is 4.29. The number of anilines is 2. The summed E-state index contributed by atoms with van der Waals surface area (Å²) in [6.45, 7) is 4.02. The standard InChI is InChI=1S/C12H19FN4O/c1-2-14-12-16-8-10(13)11(17-12)15-7-9-5-3-4-6-18-9/h8-9H,2-7H2,1H3,(H2,14,15,16,17). The molecular formula is C12H19FN4O. The quantitative estimate of drug-likeness (QED) is 0.842. The Hall–Kier alpha value is -1.43. The molecule has 1 unspecified atom stereocenters. The Morgan fingerprint density at radius 1 is 1.44 bits per heavy atom. The average Bonchev–Trinajstić information content (AvgIpc) is 2.41. The third-order valence-electron chi connectivity index (χ3n) is 2.85. The maximum Gasteiger partial charge on any atom is 0.224 e. The van der Waals surface area contributed by atoms with Crippen molar-refractivity contribution < 1.29 is 9.13 Å². The Labute approximate surface area is 106 Å². The lowest BCUT2D eigenvalue weighted by Crippen LogP contribution is -2.27. The van der Waals surface area contributed by atoms with Crippen LogP contribution in [0.5, 0.6) is 0 Å². The Bertz CT molecular complexity index is 382. The molecule has 0 radical (unpaired) electrons. The first-order valence-corrected chi connectivity index (χ1v) is 6.41. The van der Waals surface area contributed by atoms with Crippen LogP contribution >= 0.6 is 0 Å². The van der Waals surface area contributed by atoms with Gasteiger partial charge in [0.15, 0.2) is 11.6 Å². The molecule has 18 heavy (non-hydrogen) atoms. The molecule has 0 amide bonds. The molecule has 0 aliphatic carbocycles. The van der Waals surface area contributed by atoms with Gasteiger partial charge in [-0.3, -0.25) is 0 Å². The van der Waals surface area contributed by atoms with Crippen molar-refractivity contribution in [2.45, 2.75) is 32.3 Å². The first-order valence-electron chi connectivity index (χ1n) is 6.41. The Morgan fingerprint density at radius 2 is 2.33 bits per heavy atom. The van der Waals surface area contributed by atoms with E-state index in [1.165, 1.54) is 12.6 Å². The molecule has 0 bridgehead atoms. The molecule has 1 aromatic heterocycles. The van der Waals surface area contributed by atoms with Crippen LogP contribution in [-0.4, -0.2) is 35.8 Å². The molecule has 6 heteroatoms. The fraction of sp³-hybridized carbons (Fsp3) is 0.667. The molecule has 2 heterocycles. The summed E-state index contributed by atoms with van der Waals surface area (Å²) in [6, 6.07) is 0. The van der Waals surface area contributed by atoms with Crippen molar-refractivity contribution in [2.75, 3.05) is 30.3 Å². The van der Waals surface area contributed by atoms with Crippen LogP contribution in [0, 0.1) is 5.82 Å². The predicted molar refractivity (Wildman–Crippen MR) is 68.2 cm³/mol. The summed E-state index contributed by atoms with van der Waals surface area (Å²) < 4.78 is 19.1. The number of ether oxygens (including phenoxy) is 1. The summed E-state index contributed by atoms with van der Waals surface area (Å²) in [5, 5.41) is 5.94. The highest BCUT2D eigenvalue weighted by Gasteiger charge is 2.15. The van der Waals surface area contributed by atoms with Gasteiger partial charge in [-0.2, -0.15) is 4.98 Å². The van der Waals surface area contributed by atoms with Gasteiger partial charge in [-0.05, 0) is 26.2 Å². The molecule has 1 atom stereocenters. The van der Waals surface area contributed by atoms with E-state index in [0.717, 1.165) is 19.4 Å². The minimum absolute atomic E-state index is 0.149. The number of aromatic nitrogens is 2. The number of hydrogen-bond donors (Lipinski definition) is 2. The molecule has 5 nitrogen and oxygen atoms in total. The Morgan fingerprint density at radius 3 is 3.06 bits per heavy atom. The lowest BCUT2D eigenvalue weighted by atomic mass is 10.1. The van der Waals surface area contributed by atoms with E-state index in [1.54, 1.807) is 0 Å². The highest BCUT2D eigenvalue weighted by Crippen LogP contribution is 2.15. The Balaban J connectivity index is 1.92. The fourth-order valence-electron chi connectivity index (χ4n) is 1.91. The summed E-state index contributed by atoms with van der Waals surface area (Å²) >= 11 is 0. The van der Waals surface area contributed by atoms with Crippen LogP contribution in [0.4, 0.5) is 16.2 Å². The van der Waals surface area contributed by atoms with E-state index in [2.05, 4.69) is 20.6 Å². The molecule has 1 aliphatic heterocycles. The van der Waals surface area contributed by atoms with E-state index in [9.17, 15) is 4.39 Å². The number of halogens is 1. The minimum Gasteiger partial charge on any atom is -0.376 e. The van der Waals surface area contributed by atoms with Crippen LogP contribution in [0.25, 0.3) is 0 Å². The van der Waals surface area contributed by atoms with Crippen LogP contribution in [0.3, 0.4) is 0 Å². The molecule has 1 aliphatic rings. The van der Waals surface area contributed by atoms with Gasteiger partial charge in [0, 0.05) is 19.7 Å². The van der Waals surface area contributed by atoms with E-state index in [4.69, 9.17) is 4.74 Å². The van der Waals surface area contributed by atoms with Gasteiger partial charge >= 0.3 is 0 Å². The van der Waals surface area contributed by atoms with Gasteiger partial charge in [-0.25, -0.2) is 9.37 Å². The second-order valence-corrected chi connectivity index (χ2v) is 4.29. The highest BCUT2D eigenvalue weighted by molar-refractivity contribution is 5.41. The SMILES string of the molecule is CCNc1ncc(F)c(NCC2CCCCO2)n1. The molecule has 100 valence electrons. The van der Waals surface area contributed by atoms with Gasteiger partial charge in [-0.15, -0.1) is 0 Å². The third kappa shape index (κ3) is 3.53. The molecule has 2 N–H and O–H groups in total. The Kier molecular flexibility index (Phi) is 4.69. The zero-order valence-corrected chi connectivity index (χ0v) is 10.6. The van der Waals surface area contributed by atoms with E-state index < -0.39 is 5.82 Å². The van der Waals surface area contributed by atoms with Gasteiger partial charge in [0.1, 0.15) is 0 Å². The summed E-state index contributed by atoms with van der Waals surface area (Å²) in [5.41, 5.74) is 0. The molecule has 0 aromatic carbocycles. The van der Waals surface area contributed by atoms with Gasteiger partial charge < -0.3 is 15.4 Å². The van der Waals surface area contributed by atoms with Crippen LogP contribution in [-0.2, 0) is 4.74 Å². The van der Waals surface area contributed by atoms with Crippen LogP contribution in [0.15, 0.2) is 6.20 Å². The van der Waals surface area contributed by atoms with Crippen molar-refractivity contribution in [2.24, 2.45) is 0 Å². The lowest BCUT2D eigenvalue weighted by molar-refractivity contribution is 0.0247. The summed E-state index contributed by atoms with van der Waals surface area (Å²) in [7, 11) is 0. The maximum absolute atomic E-state index is 13.5. The normalized spacial score (nSPS) is 19.6. The highest BCUT2D eigenvalue weighted by atomic mass is 19.1. The topological polar surface area (TPSA) is 59.1 Å². The van der Waals surface area contributed by atoms with E-state index in [0.29, 0.717) is 19.0 Å². The molecule has 1 fully saturated rings. The van der Waals surface area contributed by atoms with Crippen molar-refractivity contribution in [1.82, 2.24) is 9.97 Å². The van der Waals surface area contributed by atoms with Crippen molar-refractivity contribution in [3.63, 3.8) is 0 Å². The summed E-state index contributed by atoms with van der Waals surface area (Å²) in [5.74, 6) is 0.230. The first kappa shape index (κ1) is 13.0. The van der Waals surface area contributed by atoms with Crippen LogP contribution in [0.1, 0.15) is 26.2 Å². The predicted octanol–water partition coefficient (Wildman–Crippen LogP) is 2.03. The van der Waals surface area contributed by atoms with Gasteiger partial charge in [0.2, 0.25) is 5.95 Å². The fourth-order valence-corrected chi connectivity index (χ4v) is 1.91. The molecule has 1 saturated heterocycles. The molecular weight excluding hydrogens is 235 g/mol. The number of nitrogens with zero attached hydrogens (tertiary/aromatic N) is 2. The van der Waals surface area contributed by atoms with E-state index in [-0.39, 0.29) is 11.9 Å². The maximum atomic E-state index is 13.5. The van der Waals surface area contributed by atoms with Crippen molar-refractivity contribution in [1.29, 1.82) is 0 Å². The second kappa shape index (κ2) is 6.49. The van der Waals surface area contributed by atoms with Crippen molar-refractivity contribution in [3.8, 4) is 0 Å². The van der Waals surface area contributed by atoms with Crippen LogP contribution in [0.2, 0.25) is 0 Å². The first-order chi connectivity index (χ1) is 8.79. The number of rotatable bonds is 5. The monoisotopic (exact) mass is 254 g/mol. The van der Waals surface area contributed by atoms with Crippen LogP contribution < -0.4 is 10.6 Å². The van der Waals surface area contributed by atoms with E-state index >= 15 is 0 Å². The molecule has 2 rings (SSSR count). The van der Waals surface area contributed by atoms with Gasteiger partial charge in [0.25, 0.3) is 0 Å². The van der Waals surface area contributed by atoms with Gasteiger partial charge in [0.05, 0.1) is 12.3 Å². The smallest absolute Gasteiger partial charge is 0.224 e.